The van der Waals surface area contributed by atoms with Gasteiger partial charge in [-0.1, -0.05) is 30.0 Å². The van der Waals surface area contributed by atoms with Crippen LogP contribution in [0, 0.1) is 3.57 Å². The van der Waals surface area contributed by atoms with Gasteiger partial charge in [0.15, 0.2) is 16.7 Å². The van der Waals surface area contributed by atoms with Gasteiger partial charge >= 0.3 is 11.9 Å². The summed E-state index contributed by atoms with van der Waals surface area (Å²) in [5, 5.41) is 18.7. The highest BCUT2D eigenvalue weighted by molar-refractivity contribution is 14.1. The van der Waals surface area contributed by atoms with Crippen LogP contribution in [-0.4, -0.2) is 46.7 Å². The van der Waals surface area contributed by atoms with E-state index in [0.717, 1.165) is 11.8 Å². The second-order valence-corrected chi connectivity index (χ2v) is 8.49. The Bertz CT molecular complexity index is 1070. The quantitative estimate of drug-likeness (QED) is 0.178. The number of nitrogens with one attached hydrogen (secondary N) is 1. The molecule has 1 saturated heterocycles. The molecule has 0 radical (unpaired) electrons. The number of hydrogen-bond acceptors (Lipinski definition) is 8. The van der Waals surface area contributed by atoms with Crippen molar-refractivity contribution in [3.8, 4) is 11.5 Å². The number of carboxylic acids is 1. The highest BCUT2D eigenvalue weighted by Crippen LogP contribution is 2.34. The van der Waals surface area contributed by atoms with E-state index >= 15 is 0 Å². The summed E-state index contributed by atoms with van der Waals surface area (Å²) >= 11 is 3.03. The predicted molar refractivity (Wildman–Crippen MR) is 124 cm³/mol. The molecule has 0 saturated carbocycles. The van der Waals surface area contributed by atoms with Crippen molar-refractivity contribution in [3.05, 3.63) is 57.2 Å². The fourth-order valence-corrected chi connectivity index (χ4v) is 4.18. The molecule has 2 aromatic carbocycles. The molecule has 1 unspecified atom stereocenters. The molecule has 1 heterocycles. The van der Waals surface area contributed by atoms with E-state index in [1.54, 1.807) is 42.5 Å². The fraction of sp³-hybridized carbons (Fsp3) is 0.150. The first kappa shape index (κ1) is 22.7. The van der Waals surface area contributed by atoms with Crippen molar-refractivity contribution in [2.75, 3.05) is 7.11 Å². The number of thioether (sulfide) groups is 1. The standard InChI is InChI=1S/C20H16IN3O6S/c1-29-14-8-11(10-22-24-20-23-18(27)15(31-20)9-16(25)26)7-13(21)17(14)30-19(28)12-5-3-2-4-6-12/h2-8,10,15H,9H2,1H3,(H,25,26)(H,23,24,27). The zero-order valence-electron chi connectivity index (χ0n) is 16.1. The van der Waals surface area contributed by atoms with Crippen LogP contribution in [0.15, 0.2) is 52.7 Å². The van der Waals surface area contributed by atoms with E-state index in [0.29, 0.717) is 20.4 Å². The van der Waals surface area contributed by atoms with Gasteiger partial charge in [0.1, 0.15) is 5.25 Å². The topological polar surface area (TPSA) is 127 Å². The number of halogens is 1. The fourth-order valence-electron chi connectivity index (χ4n) is 2.53. The Morgan fingerprint density at radius 3 is 2.71 bits per heavy atom. The highest BCUT2D eigenvalue weighted by Gasteiger charge is 2.32. The van der Waals surface area contributed by atoms with Crippen molar-refractivity contribution >= 4 is 63.6 Å². The molecule has 160 valence electrons. The lowest BCUT2D eigenvalue weighted by Crippen LogP contribution is -2.26. The maximum Gasteiger partial charge on any atom is 0.343 e. The van der Waals surface area contributed by atoms with Gasteiger partial charge in [-0.15, -0.1) is 5.10 Å². The van der Waals surface area contributed by atoms with Crippen molar-refractivity contribution in [3.63, 3.8) is 0 Å². The minimum Gasteiger partial charge on any atom is -0.493 e. The van der Waals surface area contributed by atoms with E-state index in [4.69, 9.17) is 14.6 Å². The minimum absolute atomic E-state index is 0.225. The third-order valence-corrected chi connectivity index (χ3v) is 5.82. The second kappa shape index (κ2) is 10.4. The van der Waals surface area contributed by atoms with Crippen molar-refractivity contribution in [1.82, 2.24) is 5.32 Å². The summed E-state index contributed by atoms with van der Waals surface area (Å²) in [5.41, 5.74) is 1.04. The minimum atomic E-state index is -1.06. The molecular weight excluding hydrogens is 537 g/mol. The van der Waals surface area contributed by atoms with Gasteiger partial charge in [-0.25, -0.2) is 4.79 Å². The number of carbonyl (C=O) groups excluding carboxylic acids is 2. The molecular formula is C20H16IN3O6S. The molecule has 1 fully saturated rings. The first-order chi connectivity index (χ1) is 14.9. The molecule has 0 spiro atoms. The number of benzene rings is 2. The monoisotopic (exact) mass is 553 g/mol. The zero-order valence-corrected chi connectivity index (χ0v) is 19.0. The molecule has 0 aliphatic carbocycles. The molecule has 1 aliphatic heterocycles. The van der Waals surface area contributed by atoms with E-state index in [1.165, 1.54) is 13.3 Å². The number of methoxy groups -OCH3 is 1. The Morgan fingerprint density at radius 2 is 2.03 bits per heavy atom. The molecule has 1 amide bonds. The van der Waals surface area contributed by atoms with Crippen LogP contribution in [0.5, 0.6) is 11.5 Å². The molecule has 9 nitrogen and oxygen atoms in total. The van der Waals surface area contributed by atoms with Crippen LogP contribution < -0.4 is 14.8 Å². The number of amides is 1. The number of ether oxygens (including phenoxy) is 2. The third kappa shape index (κ3) is 6.04. The summed E-state index contributed by atoms with van der Waals surface area (Å²) in [4.78, 5) is 34.8. The Balaban J connectivity index is 1.73. The number of carboxylic acid groups (broad SMARTS) is 1. The van der Waals surface area contributed by atoms with Crippen molar-refractivity contribution in [1.29, 1.82) is 0 Å². The van der Waals surface area contributed by atoms with Gasteiger partial charge in [-0.05, 0) is 52.4 Å². The molecule has 11 heteroatoms. The number of carbonyl (C=O) groups is 3. The van der Waals surface area contributed by atoms with Gasteiger partial charge in [0.2, 0.25) is 5.91 Å². The van der Waals surface area contributed by atoms with E-state index in [9.17, 15) is 14.4 Å². The van der Waals surface area contributed by atoms with Crippen LogP contribution in [0.1, 0.15) is 22.3 Å². The Morgan fingerprint density at radius 1 is 1.29 bits per heavy atom. The molecule has 3 rings (SSSR count). The lowest BCUT2D eigenvalue weighted by molar-refractivity contribution is -0.138. The maximum atomic E-state index is 12.4. The predicted octanol–water partition coefficient (Wildman–Crippen LogP) is 2.92. The van der Waals surface area contributed by atoms with Gasteiger partial charge in [-0.2, -0.15) is 5.10 Å². The number of amidine groups is 1. The number of nitrogens with zero attached hydrogens (tertiary/aromatic N) is 2. The van der Waals surface area contributed by atoms with E-state index in [1.807, 2.05) is 22.6 Å². The molecule has 1 atom stereocenters. The Kier molecular flexibility index (Phi) is 7.63. The highest BCUT2D eigenvalue weighted by atomic mass is 127. The van der Waals surface area contributed by atoms with Crippen molar-refractivity contribution in [2.45, 2.75) is 11.7 Å². The van der Waals surface area contributed by atoms with Gasteiger partial charge < -0.3 is 19.9 Å². The van der Waals surface area contributed by atoms with Crippen LogP contribution in [0.2, 0.25) is 0 Å². The summed E-state index contributed by atoms with van der Waals surface area (Å²) in [7, 11) is 1.46. The van der Waals surface area contributed by atoms with E-state index < -0.39 is 23.1 Å². The number of esters is 1. The summed E-state index contributed by atoms with van der Waals surface area (Å²) in [5.74, 6) is -1.35. The first-order valence-electron chi connectivity index (χ1n) is 8.82. The van der Waals surface area contributed by atoms with Crippen LogP contribution in [0.25, 0.3) is 0 Å². The average molecular weight is 553 g/mol. The van der Waals surface area contributed by atoms with E-state index in [-0.39, 0.29) is 17.3 Å². The van der Waals surface area contributed by atoms with Gasteiger partial charge in [0.25, 0.3) is 0 Å². The summed E-state index contributed by atoms with van der Waals surface area (Å²) in [6, 6.07) is 12.0. The van der Waals surface area contributed by atoms with Crippen LogP contribution in [0.3, 0.4) is 0 Å². The molecule has 1 aliphatic rings. The lowest BCUT2D eigenvalue weighted by atomic mass is 10.2. The molecule has 2 N–H and O–H groups in total. The van der Waals surface area contributed by atoms with Gasteiger partial charge in [-0.3, -0.25) is 9.59 Å². The molecule has 0 bridgehead atoms. The largest absolute Gasteiger partial charge is 0.493 e. The first-order valence-corrected chi connectivity index (χ1v) is 10.8. The molecule has 2 aromatic rings. The normalized spacial score (nSPS) is 17.0. The van der Waals surface area contributed by atoms with Crippen LogP contribution in [0.4, 0.5) is 0 Å². The Hall–Kier alpha value is -2.93. The summed E-state index contributed by atoms with van der Waals surface area (Å²) in [6.45, 7) is 0. The molecule has 0 aromatic heterocycles. The smallest absolute Gasteiger partial charge is 0.343 e. The van der Waals surface area contributed by atoms with Gasteiger partial charge in [0, 0.05) is 0 Å². The lowest BCUT2D eigenvalue weighted by Gasteiger charge is -2.12. The average Bonchev–Trinajstić information content (AvgIpc) is 3.08. The second-order valence-electron chi connectivity index (χ2n) is 6.13. The number of rotatable bonds is 7. The van der Waals surface area contributed by atoms with Gasteiger partial charge in [0.05, 0.1) is 28.9 Å². The third-order valence-electron chi connectivity index (χ3n) is 3.95. The SMILES string of the molecule is COc1cc(C=NN=C2NC(=O)C(CC(=O)O)S2)cc(I)c1OC(=O)c1ccccc1. The van der Waals surface area contributed by atoms with Crippen LogP contribution in [-0.2, 0) is 9.59 Å². The summed E-state index contributed by atoms with van der Waals surface area (Å²) < 4.78 is 11.5. The van der Waals surface area contributed by atoms with Crippen molar-refractivity contribution in [2.24, 2.45) is 10.2 Å². The number of hydrogen-bond donors (Lipinski definition) is 2. The van der Waals surface area contributed by atoms with Crippen molar-refractivity contribution < 1.29 is 29.0 Å². The van der Waals surface area contributed by atoms with Crippen LogP contribution >= 0.6 is 34.4 Å². The van der Waals surface area contributed by atoms with E-state index in [2.05, 4.69) is 15.5 Å². The Labute approximate surface area is 195 Å². The number of aliphatic carboxylic acids is 1. The molecule has 31 heavy (non-hydrogen) atoms. The summed E-state index contributed by atoms with van der Waals surface area (Å²) in [6.07, 6.45) is 1.15. The maximum absolute atomic E-state index is 12.4. The zero-order chi connectivity index (χ0) is 22.4.